The number of amides is 1. The van der Waals surface area contributed by atoms with E-state index < -0.39 is 0 Å². The van der Waals surface area contributed by atoms with E-state index in [0.29, 0.717) is 16.8 Å². The van der Waals surface area contributed by atoms with Crippen molar-refractivity contribution in [2.24, 2.45) is 0 Å². The van der Waals surface area contributed by atoms with Crippen LogP contribution in [-0.2, 0) is 17.9 Å². The summed E-state index contributed by atoms with van der Waals surface area (Å²) in [6, 6.07) is 6.80. The lowest BCUT2D eigenvalue weighted by atomic mass is 10.3. The zero-order valence-corrected chi connectivity index (χ0v) is 11.0. The van der Waals surface area contributed by atoms with Crippen molar-refractivity contribution < 1.29 is 9.21 Å². The summed E-state index contributed by atoms with van der Waals surface area (Å²) in [5.74, 6) is 0.357. The summed E-state index contributed by atoms with van der Waals surface area (Å²) in [4.78, 5) is 32.1. The fourth-order valence-electron chi connectivity index (χ4n) is 1.92. The molecule has 3 rings (SSSR count). The van der Waals surface area contributed by atoms with Crippen LogP contribution >= 0.6 is 0 Å². The average Bonchev–Trinajstić information content (AvgIpc) is 3.02. The highest BCUT2D eigenvalue weighted by Gasteiger charge is 2.08. The first-order chi connectivity index (χ1) is 10.2. The first-order valence-corrected chi connectivity index (χ1v) is 6.33. The molecule has 106 valence electrons. The third-order valence-electron chi connectivity index (χ3n) is 2.95. The van der Waals surface area contributed by atoms with Gasteiger partial charge in [0.15, 0.2) is 5.65 Å². The number of aromatic nitrogens is 3. The molecule has 3 aromatic heterocycles. The van der Waals surface area contributed by atoms with Crippen LogP contribution in [0.4, 0.5) is 0 Å². The molecule has 0 saturated heterocycles. The normalized spacial score (nSPS) is 10.7. The van der Waals surface area contributed by atoms with Crippen molar-refractivity contribution in [3.05, 3.63) is 59.2 Å². The van der Waals surface area contributed by atoms with E-state index >= 15 is 0 Å². The largest absolute Gasteiger partial charge is 0.467 e. The predicted octanol–water partition coefficient (Wildman–Crippen LogP) is 0.701. The summed E-state index contributed by atoms with van der Waals surface area (Å²) in [6.07, 6.45) is 4.42. The molecule has 7 nitrogen and oxygen atoms in total. The maximum Gasteiger partial charge on any atom is 0.263 e. The van der Waals surface area contributed by atoms with Crippen LogP contribution in [0.3, 0.4) is 0 Å². The molecule has 0 radical (unpaired) electrons. The number of fused-ring (bicyclic) bond motifs is 1. The summed E-state index contributed by atoms with van der Waals surface area (Å²) >= 11 is 0. The summed E-state index contributed by atoms with van der Waals surface area (Å²) in [6.45, 7) is 0.181. The second kappa shape index (κ2) is 5.58. The monoisotopic (exact) mass is 284 g/mol. The molecule has 1 amide bonds. The minimum atomic E-state index is -0.293. The molecule has 0 aromatic carbocycles. The zero-order valence-electron chi connectivity index (χ0n) is 11.0. The van der Waals surface area contributed by atoms with Gasteiger partial charge in [0.25, 0.3) is 5.56 Å². The number of nitrogens with one attached hydrogen (secondary N) is 1. The summed E-state index contributed by atoms with van der Waals surface area (Å²) in [7, 11) is 0. The zero-order chi connectivity index (χ0) is 14.7. The Balaban J connectivity index is 1.74. The molecule has 0 aliphatic carbocycles. The van der Waals surface area contributed by atoms with E-state index in [-0.39, 0.29) is 24.6 Å². The van der Waals surface area contributed by atoms with Crippen molar-refractivity contribution in [3.8, 4) is 0 Å². The van der Waals surface area contributed by atoms with Crippen LogP contribution in [0.2, 0.25) is 0 Å². The second-order valence-electron chi connectivity index (χ2n) is 4.41. The molecule has 7 heteroatoms. The standard InChI is InChI=1S/C14H12N4O3/c19-12(16-7-10-3-2-6-21-10)8-18-9-17-13-11(14(18)20)4-1-5-15-13/h1-6,9H,7-8H2,(H,16,19). The highest BCUT2D eigenvalue weighted by Crippen LogP contribution is 2.01. The van der Waals surface area contributed by atoms with Gasteiger partial charge < -0.3 is 9.73 Å². The van der Waals surface area contributed by atoms with E-state index in [1.54, 1.807) is 30.5 Å². The van der Waals surface area contributed by atoms with Gasteiger partial charge in [0, 0.05) is 6.20 Å². The highest BCUT2D eigenvalue weighted by atomic mass is 16.3. The van der Waals surface area contributed by atoms with Gasteiger partial charge in [-0.1, -0.05) is 0 Å². The molecule has 1 N–H and O–H groups in total. The molecular weight excluding hydrogens is 272 g/mol. The first-order valence-electron chi connectivity index (χ1n) is 6.33. The molecule has 0 aliphatic rings. The summed E-state index contributed by atoms with van der Waals surface area (Å²) < 4.78 is 6.36. The molecule has 0 unspecified atom stereocenters. The van der Waals surface area contributed by atoms with Crippen LogP contribution < -0.4 is 10.9 Å². The van der Waals surface area contributed by atoms with Crippen LogP contribution in [0.1, 0.15) is 5.76 Å². The molecule has 0 fully saturated rings. The Morgan fingerprint density at radius 2 is 2.19 bits per heavy atom. The maximum atomic E-state index is 12.2. The second-order valence-corrected chi connectivity index (χ2v) is 4.41. The number of nitrogens with zero attached hydrogens (tertiary/aromatic N) is 3. The number of hydrogen-bond donors (Lipinski definition) is 1. The third kappa shape index (κ3) is 2.81. The summed E-state index contributed by atoms with van der Waals surface area (Å²) in [5.41, 5.74) is 0.0796. The number of furan rings is 1. The molecule has 3 heterocycles. The van der Waals surface area contributed by atoms with E-state index in [2.05, 4.69) is 15.3 Å². The topological polar surface area (TPSA) is 90.0 Å². The average molecular weight is 284 g/mol. The molecule has 0 bridgehead atoms. The lowest BCUT2D eigenvalue weighted by Crippen LogP contribution is -2.32. The van der Waals surface area contributed by atoms with E-state index in [1.807, 2.05) is 0 Å². The van der Waals surface area contributed by atoms with Gasteiger partial charge in [-0.25, -0.2) is 9.97 Å². The highest BCUT2D eigenvalue weighted by molar-refractivity contribution is 5.77. The number of rotatable bonds is 4. The predicted molar refractivity (Wildman–Crippen MR) is 74.4 cm³/mol. The molecule has 21 heavy (non-hydrogen) atoms. The minimum Gasteiger partial charge on any atom is -0.467 e. The van der Waals surface area contributed by atoms with Gasteiger partial charge in [0.1, 0.15) is 18.6 Å². The van der Waals surface area contributed by atoms with Gasteiger partial charge >= 0.3 is 0 Å². The maximum absolute atomic E-state index is 12.2. The van der Waals surface area contributed by atoms with Crippen LogP contribution in [-0.4, -0.2) is 20.4 Å². The van der Waals surface area contributed by atoms with Gasteiger partial charge in [-0.3, -0.25) is 14.2 Å². The van der Waals surface area contributed by atoms with Crippen molar-refractivity contribution in [1.29, 1.82) is 0 Å². The van der Waals surface area contributed by atoms with Crippen molar-refractivity contribution >= 4 is 16.9 Å². The fraction of sp³-hybridized carbons (Fsp3) is 0.143. The van der Waals surface area contributed by atoms with Crippen LogP contribution in [0.15, 0.2) is 52.3 Å². The Bertz CT molecular complexity index is 824. The quantitative estimate of drug-likeness (QED) is 0.761. The van der Waals surface area contributed by atoms with E-state index in [0.717, 1.165) is 0 Å². The van der Waals surface area contributed by atoms with E-state index in [1.165, 1.54) is 17.2 Å². The van der Waals surface area contributed by atoms with Crippen molar-refractivity contribution in [3.63, 3.8) is 0 Å². The van der Waals surface area contributed by atoms with E-state index in [4.69, 9.17) is 4.42 Å². The third-order valence-corrected chi connectivity index (χ3v) is 2.95. The number of carbonyl (C=O) groups excluding carboxylic acids is 1. The molecule has 0 saturated carbocycles. The number of pyridine rings is 1. The SMILES string of the molecule is O=C(Cn1cnc2ncccc2c1=O)NCc1ccco1. The minimum absolute atomic E-state index is 0.0998. The molecular formula is C14H12N4O3. The van der Waals surface area contributed by atoms with E-state index in [9.17, 15) is 9.59 Å². The Morgan fingerprint density at radius 1 is 1.29 bits per heavy atom. The molecule has 0 aliphatic heterocycles. The number of hydrogen-bond acceptors (Lipinski definition) is 5. The molecule has 0 atom stereocenters. The smallest absolute Gasteiger partial charge is 0.263 e. The van der Waals surface area contributed by atoms with Gasteiger partial charge in [0.05, 0.1) is 18.2 Å². The summed E-state index contributed by atoms with van der Waals surface area (Å²) in [5, 5.41) is 3.06. The van der Waals surface area contributed by atoms with Crippen molar-refractivity contribution in [2.45, 2.75) is 13.1 Å². The van der Waals surface area contributed by atoms with Gasteiger partial charge in [0.2, 0.25) is 5.91 Å². The van der Waals surface area contributed by atoms with Gasteiger partial charge in [-0.05, 0) is 24.3 Å². The first kappa shape index (κ1) is 13.0. The van der Waals surface area contributed by atoms with Gasteiger partial charge in [-0.15, -0.1) is 0 Å². The van der Waals surface area contributed by atoms with Gasteiger partial charge in [-0.2, -0.15) is 0 Å². The van der Waals surface area contributed by atoms with Crippen LogP contribution in [0.5, 0.6) is 0 Å². The fourth-order valence-corrected chi connectivity index (χ4v) is 1.92. The lowest BCUT2D eigenvalue weighted by Gasteiger charge is -2.06. The van der Waals surface area contributed by atoms with Crippen molar-refractivity contribution in [2.75, 3.05) is 0 Å². The Morgan fingerprint density at radius 3 is 3.00 bits per heavy atom. The van der Waals surface area contributed by atoms with Crippen molar-refractivity contribution in [1.82, 2.24) is 19.9 Å². The molecule has 3 aromatic rings. The Labute approximate surface area is 119 Å². The Kier molecular flexibility index (Phi) is 3.46. The lowest BCUT2D eigenvalue weighted by molar-refractivity contribution is -0.122. The Hall–Kier alpha value is -2.96. The van der Waals surface area contributed by atoms with Crippen LogP contribution in [0.25, 0.3) is 11.0 Å². The van der Waals surface area contributed by atoms with Crippen LogP contribution in [0, 0.1) is 0 Å². The molecule has 0 spiro atoms. The number of carbonyl (C=O) groups is 1.